The fourth-order valence-corrected chi connectivity index (χ4v) is 3.59. The van der Waals surface area contributed by atoms with E-state index in [1.54, 1.807) is 13.1 Å². The minimum absolute atomic E-state index is 0.0320. The van der Waals surface area contributed by atoms with Crippen LogP contribution in [0.15, 0.2) is 33.1 Å². The Kier molecular flexibility index (Phi) is 8.25. The largest absolute Gasteiger partial charge is 0.369 e. The Morgan fingerprint density at radius 3 is 2.62 bits per heavy atom. The van der Waals surface area contributed by atoms with Crippen LogP contribution >= 0.6 is 11.8 Å². The van der Waals surface area contributed by atoms with Crippen LogP contribution in [0.25, 0.3) is 0 Å². The highest BCUT2D eigenvalue weighted by molar-refractivity contribution is 7.98. The van der Waals surface area contributed by atoms with Crippen LogP contribution in [0, 0.1) is 5.82 Å². The van der Waals surface area contributed by atoms with Crippen molar-refractivity contribution in [3.63, 3.8) is 0 Å². The first-order valence-electron chi connectivity index (χ1n) is 9.18. The quantitative estimate of drug-likeness (QED) is 0.421. The summed E-state index contributed by atoms with van der Waals surface area (Å²) in [7, 11) is 3.83. The number of piperidine rings is 1. The number of hydrogen-bond donors (Lipinski definition) is 0. The fraction of sp³-hybridized carbons (Fsp3) is 0.600. The lowest BCUT2D eigenvalue weighted by molar-refractivity contribution is -0.0121. The van der Waals surface area contributed by atoms with Crippen LogP contribution in [-0.4, -0.2) is 62.1 Å². The second-order valence-electron chi connectivity index (χ2n) is 6.69. The summed E-state index contributed by atoms with van der Waals surface area (Å²) < 4.78 is 20.4. The summed E-state index contributed by atoms with van der Waals surface area (Å²) >= 11 is 1.39. The minimum atomic E-state index is -0.237. The second kappa shape index (κ2) is 10.2. The predicted molar refractivity (Wildman–Crippen MR) is 109 cm³/mol. The Labute approximate surface area is 160 Å². The van der Waals surface area contributed by atoms with Gasteiger partial charge in [0.05, 0.1) is 12.2 Å². The molecule has 1 aromatic carbocycles. The highest BCUT2D eigenvalue weighted by atomic mass is 32.2. The van der Waals surface area contributed by atoms with Crippen molar-refractivity contribution in [3.8, 4) is 0 Å². The molecule has 1 aliphatic heterocycles. The van der Waals surface area contributed by atoms with E-state index in [0.29, 0.717) is 16.3 Å². The number of aliphatic imine (C=N–C) groups is 2. The Hall–Kier alpha value is -1.24. The van der Waals surface area contributed by atoms with Gasteiger partial charge < -0.3 is 9.64 Å². The van der Waals surface area contributed by atoms with Crippen LogP contribution in [0.4, 0.5) is 4.39 Å². The Bertz CT molecular complexity index is 654. The van der Waals surface area contributed by atoms with Crippen LogP contribution in [0.1, 0.15) is 38.7 Å². The molecule has 0 spiro atoms. The number of nitrogens with zero attached hydrogens (tertiary/aromatic N) is 3. The van der Waals surface area contributed by atoms with Gasteiger partial charge in [-0.3, -0.25) is 4.99 Å². The number of rotatable bonds is 6. The molecular formula is C20H30FN3OS. The Balaban J connectivity index is 2.12. The molecule has 144 valence electrons. The minimum Gasteiger partial charge on any atom is -0.369 e. The van der Waals surface area contributed by atoms with E-state index < -0.39 is 0 Å². The summed E-state index contributed by atoms with van der Waals surface area (Å²) in [5, 5.41) is 0. The van der Waals surface area contributed by atoms with Gasteiger partial charge >= 0.3 is 0 Å². The SMILES string of the molecule is CCC(OC1CCN(C)CC1)C(C)=NC(=NC)c1ccc(SC)c(F)c1. The van der Waals surface area contributed by atoms with E-state index in [2.05, 4.69) is 28.9 Å². The lowest BCUT2D eigenvalue weighted by atomic mass is 10.1. The third-order valence-corrected chi connectivity index (χ3v) is 5.53. The molecule has 1 saturated heterocycles. The van der Waals surface area contributed by atoms with Crippen molar-refractivity contribution in [2.45, 2.75) is 50.2 Å². The van der Waals surface area contributed by atoms with Crippen molar-refractivity contribution in [1.82, 2.24) is 4.90 Å². The molecule has 0 saturated carbocycles. The monoisotopic (exact) mass is 379 g/mol. The van der Waals surface area contributed by atoms with Crippen molar-refractivity contribution in [3.05, 3.63) is 29.6 Å². The molecule has 4 nitrogen and oxygen atoms in total. The molecule has 1 heterocycles. The number of halogens is 1. The van der Waals surface area contributed by atoms with Gasteiger partial charge in [0.2, 0.25) is 0 Å². The van der Waals surface area contributed by atoms with Gasteiger partial charge in [-0.25, -0.2) is 9.38 Å². The van der Waals surface area contributed by atoms with Gasteiger partial charge in [0.25, 0.3) is 0 Å². The zero-order valence-corrected chi connectivity index (χ0v) is 17.3. The summed E-state index contributed by atoms with van der Waals surface area (Å²) in [4.78, 5) is 11.9. The molecular weight excluding hydrogens is 349 g/mol. The third-order valence-electron chi connectivity index (χ3n) is 4.76. The van der Waals surface area contributed by atoms with E-state index in [0.717, 1.165) is 38.1 Å². The summed E-state index contributed by atoms with van der Waals surface area (Å²) in [5.74, 6) is 0.304. The first-order valence-corrected chi connectivity index (χ1v) is 10.4. The maximum Gasteiger partial charge on any atom is 0.154 e. The normalized spacial score (nSPS) is 19.0. The van der Waals surface area contributed by atoms with Crippen LogP contribution in [0.3, 0.4) is 0 Å². The molecule has 1 aliphatic rings. The number of likely N-dealkylation sites (tertiary alicyclic amines) is 1. The molecule has 0 bridgehead atoms. The number of thioether (sulfide) groups is 1. The van der Waals surface area contributed by atoms with E-state index in [1.807, 2.05) is 19.2 Å². The van der Waals surface area contributed by atoms with Crippen molar-refractivity contribution in [2.24, 2.45) is 9.98 Å². The number of ether oxygens (including phenoxy) is 1. The van der Waals surface area contributed by atoms with Gasteiger partial charge in [-0.05, 0) is 57.7 Å². The predicted octanol–water partition coefficient (Wildman–Crippen LogP) is 4.27. The molecule has 0 N–H and O–H groups in total. The van der Waals surface area contributed by atoms with Gasteiger partial charge in [-0.15, -0.1) is 11.8 Å². The number of amidine groups is 1. The van der Waals surface area contributed by atoms with Crippen LogP contribution < -0.4 is 0 Å². The lowest BCUT2D eigenvalue weighted by Gasteiger charge is -2.31. The molecule has 0 aromatic heterocycles. The highest BCUT2D eigenvalue weighted by Crippen LogP contribution is 2.21. The van der Waals surface area contributed by atoms with E-state index in [4.69, 9.17) is 4.74 Å². The van der Waals surface area contributed by atoms with Crippen LogP contribution in [0.5, 0.6) is 0 Å². The van der Waals surface area contributed by atoms with E-state index in [-0.39, 0.29) is 18.0 Å². The topological polar surface area (TPSA) is 37.2 Å². The van der Waals surface area contributed by atoms with Crippen molar-refractivity contribution in [1.29, 1.82) is 0 Å². The summed E-state index contributed by atoms with van der Waals surface area (Å²) in [5.41, 5.74) is 1.58. The van der Waals surface area contributed by atoms with E-state index in [1.165, 1.54) is 17.8 Å². The van der Waals surface area contributed by atoms with Crippen molar-refractivity contribution >= 4 is 23.3 Å². The second-order valence-corrected chi connectivity index (χ2v) is 7.53. The zero-order chi connectivity index (χ0) is 19.1. The van der Waals surface area contributed by atoms with Gasteiger partial charge in [-0.2, -0.15) is 0 Å². The molecule has 0 aliphatic carbocycles. The number of hydrogen-bond acceptors (Lipinski definition) is 4. The molecule has 0 amide bonds. The average molecular weight is 380 g/mol. The summed E-state index contributed by atoms with van der Waals surface area (Å²) in [6.07, 6.45) is 5.07. The standard InChI is InChI=1S/C20H30FN3OS/c1-6-18(25-16-9-11-24(4)12-10-16)14(2)23-20(22-3)15-7-8-19(26-5)17(21)13-15/h7-8,13,16,18H,6,9-12H2,1-5H3. The van der Waals surface area contributed by atoms with E-state index in [9.17, 15) is 4.39 Å². The molecule has 0 radical (unpaired) electrons. The first-order chi connectivity index (χ1) is 12.5. The first kappa shape index (κ1) is 21.1. The van der Waals surface area contributed by atoms with Gasteiger partial charge in [0.1, 0.15) is 5.82 Å². The van der Waals surface area contributed by atoms with Crippen LogP contribution in [0.2, 0.25) is 0 Å². The maximum atomic E-state index is 14.1. The number of benzene rings is 1. The molecule has 26 heavy (non-hydrogen) atoms. The average Bonchev–Trinajstić information content (AvgIpc) is 2.65. The Morgan fingerprint density at radius 2 is 2.08 bits per heavy atom. The molecule has 1 fully saturated rings. The van der Waals surface area contributed by atoms with Crippen LogP contribution in [-0.2, 0) is 4.74 Å². The molecule has 2 rings (SSSR count). The Morgan fingerprint density at radius 1 is 1.38 bits per heavy atom. The van der Waals surface area contributed by atoms with Crippen molar-refractivity contribution in [2.75, 3.05) is 33.4 Å². The van der Waals surface area contributed by atoms with Gasteiger partial charge in [-0.1, -0.05) is 6.92 Å². The smallest absolute Gasteiger partial charge is 0.154 e. The molecule has 1 aromatic rings. The lowest BCUT2D eigenvalue weighted by Crippen LogP contribution is -2.37. The van der Waals surface area contributed by atoms with Gasteiger partial charge in [0, 0.05) is 36.3 Å². The maximum absolute atomic E-state index is 14.1. The fourth-order valence-electron chi connectivity index (χ4n) is 3.13. The third kappa shape index (κ3) is 5.63. The van der Waals surface area contributed by atoms with E-state index >= 15 is 0 Å². The zero-order valence-electron chi connectivity index (χ0n) is 16.5. The molecule has 1 unspecified atom stereocenters. The summed E-state index contributed by atoms with van der Waals surface area (Å²) in [6, 6.07) is 5.15. The molecule has 1 atom stereocenters. The highest BCUT2D eigenvalue weighted by Gasteiger charge is 2.22. The van der Waals surface area contributed by atoms with Crippen molar-refractivity contribution < 1.29 is 9.13 Å². The molecule has 6 heteroatoms. The summed E-state index contributed by atoms with van der Waals surface area (Å²) in [6.45, 7) is 6.22. The van der Waals surface area contributed by atoms with Gasteiger partial charge in [0.15, 0.2) is 5.84 Å².